The van der Waals surface area contributed by atoms with E-state index in [9.17, 15) is 9.59 Å². The molecule has 1 aromatic heterocycles. The summed E-state index contributed by atoms with van der Waals surface area (Å²) in [5.41, 5.74) is 4.55. The fourth-order valence-electron chi connectivity index (χ4n) is 3.89. The number of hydrogen-bond acceptors (Lipinski definition) is 5. The lowest BCUT2D eigenvalue weighted by molar-refractivity contribution is 0.0303. The zero-order valence-electron chi connectivity index (χ0n) is 18.5. The number of benzene rings is 3. The number of nitrogens with one attached hydrogen (secondary N) is 2. The molecule has 1 aliphatic rings. The number of carbonyl (C=O) groups is 2. The van der Waals surface area contributed by atoms with Gasteiger partial charge in [-0.3, -0.25) is 9.59 Å². The van der Waals surface area contributed by atoms with Crippen molar-refractivity contribution in [3.8, 4) is 0 Å². The number of anilines is 1. The average Bonchev–Trinajstić information content (AvgIpc) is 3.31. The summed E-state index contributed by atoms with van der Waals surface area (Å²) in [4.78, 5) is 35.6. The third-order valence-corrected chi connectivity index (χ3v) is 6.58. The lowest BCUT2D eigenvalue weighted by Crippen LogP contribution is -2.40. The van der Waals surface area contributed by atoms with Gasteiger partial charge >= 0.3 is 0 Å². The van der Waals surface area contributed by atoms with Gasteiger partial charge in [0.05, 0.1) is 24.2 Å². The van der Waals surface area contributed by atoms with Gasteiger partial charge in [-0.2, -0.15) is 0 Å². The fraction of sp³-hybridized carbons (Fsp3) is 0.192. The molecule has 0 atom stereocenters. The Kier molecular flexibility index (Phi) is 6.60. The first-order valence-corrected chi connectivity index (χ1v) is 12.1. The molecule has 172 valence electrons. The van der Waals surface area contributed by atoms with E-state index in [1.807, 2.05) is 48.5 Å². The van der Waals surface area contributed by atoms with Crippen LogP contribution in [0.25, 0.3) is 11.0 Å². The molecule has 0 saturated carbocycles. The first-order chi connectivity index (χ1) is 16.7. The Morgan fingerprint density at radius 2 is 1.79 bits per heavy atom. The Hall–Kier alpha value is -3.62. The molecular weight excluding hydrogens is 448 g/mol. The summed E-state index contributed by atoms with van der Waals surface area (Å²) in [5, 5.41) is 3.76. The average molecular weight is 473 g/mol. The van der Waals surface area contributed by atoms with Gasteiger partial charge in [-0.25, -0.2) is 4.98 Å². The number of fused-ring (bicyclic) bond motifs is 1. The van der Waals surface area contributed by atoms with Crippen LogP contribution in [0.2, 0.25) is 0 Å². The molecular formula is C26H24N4O3S. The molecule has 1 fully saturated rings. The highest BCUT2D eigenvalue weighted by molar-refractivity contribution is 7.98. The smallest absolute Gasteiger partial charge is 0.255 e. The van der Waals surface area contributed by atoms with Gasteiger partial charge in [-0.05, 0) is 42.0 Å². The number of aromatic nitrogens is 2. The molecule has 5 rings (SSSR count). The number of H-pyrrole nitrogens is 1. The van der Waals surface area contributed by atoms with E-state index in [0.717, 1.165) is 21.8 Å². The van der Waals surface area contributed by atoms with Crippen molar-refractivity contribution in [3.05, 3.63) is 89.5 Å². The van der Waals surface area contributed by atoms with Crippen molar-refractivity contribution >= 4 is 40.3 Å². The highest BCUT2D eigenvalue weighted by Gasteiger charge is 2.19. The number of thioether (sulfide) groups is 1. The molecule has 2 N–H and O–H groups in total. The molecule has 34 heavy (non-hydrogen) atoms. The van der Waals surface area contributed by atoms with Crippen LogP contribution >= 0.6 is 11.8 Å². The second-order valence-corrected chi connectivity index (χ2v) is 8.91. The molecule has 3 aromatic carbocycles. The van der Waals surface area contributed by atoms with Crippen LogP contribution in [0.5, 0.6) is 0 Å². The van der Waals surface area contributed by atoms with Gasteiger partial charge in [0.2, 0.25) is 0 Å². The number of hydrogen-bond donors (Lipinski definition) is 2. The molecule has 0 radical (unpaired) electrons. The molecule has 1 aliphatic heterocycles. The van der Waals surface area contributed by atoms with Crippen molar-refractivity contribution in [1.29, 1.82) is 0 Å². The fourth-order valence-corrected chi connectivity index (χ4v) is 4.78. The highest BCUT2D eigenvalue weighted by atomic mass is 32.2. The molecule has 4 aromatic rings. The molecule has 0 aliphatic carbocycles. The van der Waals surface area contributed by atoms with Crippen LogP contribution in [-0.2, 0) is 10.5 Å². The van der Waals surface area contributed by atoms with Crippen LogP contribution in [0.3, 0.4) is 0 Å². The second kappa shape index (κ2) is 10.1. The lowest BCUT2D eigenvalue weighted by Gasteiger charge is -2.27. The first-order valence-electron chi connectivity index (χ1n) is 11.1. The largest absolute Gasteiger partial charge is 0.378 e. The molecule has 7 nitrogen and oxygen atoms in total. The van der Waals surface area contributed by atoms with E-state index in [4.69, 9.17) is 4.74 Å². The van der Waals surface area contributed by atoms with Gasteiger partial charge in [0.25, 0.3) is 11.8 Å². The predicted octanol–water partition coefficient (Wildman–Crippen LogP) is 4.58. The normalized spacial score (nSPS) is 13.7. The third-order valence-electron chi connectivity index (χ3n) is 5.66. The number of ether oxygens (including phenoxy) is 1. The van der Waals surface area contributed by atoms with Crippen molar-refractivity contribution in [3.63, 3.8) is 0 Å². The minimum atomic E-state index is -0.211. The lowest BCUT2D eigenvalue weighted by atomic mass is 10.1. The summed E-state index contributed by atoms with van der Waals surface area (Å²) in [5.74, 6) is 0.331. The molecule has 0 spiro atoms. The van der Waals surface area contributed by atoms with Crippen LogP contribution in [-0.4, -0.2) is 53.0 Å². The summed E-state index contributed by atoms with van der Waals surface area (Å²) in [6.07, 6.45) is 0. The predicted molar refractivity (Wildman–Crippen MR) is 133 cm³/mol. The molecule has 0 unspecified atom stereocenters. The molecule has 2 heterocycles. The van der Waals surface area contributed by atoms with Gasteiger partial charge in [-0.1, -0.05) is 48.2 Å². The standard InChI is InChI=1S/C26H24N4O3S/c31-24(27-20-8-5-7-18(16-20)25(32)30-12-14-33-15-13-30)21-9-2-1-6-19(21)17-34-26-28-22-10-3-4-11-23(22)29-26/h1-11,16H,12-15,17H2,(H,27,31)(H,28,29). The van der Waals surface area contributed by atoms with Crippen molar-refractivity contribution in [1.82, 2.24) is 14.9 Å². The number of aromatic amines is 1. The number of para-hydroxylation sites is 2. The van der Waals surface area contributed by atoms with Crippen LogP contribution in [0.4, 0.5) is 5.69 Å². The van der Waals surface area contributed by atoms with Crippen LogP contribution in [0, 0.1) is 0 Å². The summed E-state index contributed by atoms with van der Waals surface area (Å²) in [6.45, 7) is 2.24. The Morgan fingerprint density at radius 3 is 2.65 bits per heavy atom. The monoisotopic (exact) mass is 472 g/mol. The zero-order valence-corrected chi connectivity index (χ0v) is 19.3. The molecule has 0 bridgehead atoms. The minimum absolute atomic E-state index is 0.0537. The summed E-state index contributed by atoms with van der Waals surface area (Å²) in [7, 11) is 0. The third kappa shape index (κ3) is 4.98. The van der Waals surface area contributed by atoms with Crippen LogP contribution in [0.1, 0.15) is 26.3 Å². The minimum Gasteiger partial charge on any atom is -0.378 e. The quantitative estimate of drug-likeness (QED) is 0.401. The topological polar surface area (TPSA) is 87.3 Å². The van der Waals surface area contributed by atoms with E-state index in [2.05, 4.69) is 15.3 Å². The maximum atomic E-state index is 13.1. The molecule has 2 amide bonds. The van der Waals surface area contributed by atoms with Gasteiger partial charge < -0.3 is 19.9 Å². The van der Waals surface area contributed by atoms with E-state index < -0.39 is 0 Å². The van der Waals surface area contributed by atoms with Crippen molar-refractivity contribution in [2.45, 2.75) is 10.9 Å². The first kappa shape index (κ1) is 22.2. The number of rotatable bonds is 6. The van der Waals surface area contributed by atoms with E-state index >= 15 is 0 Å². The van der Waals surface area contributed by atoms with Crippen LogP contribution in [0.15, 0.2) is 78.0 Å². The number of carbonyl (C=O) groups excluding carboxylic acids is 2. The highest BCUT2D eigenvalue weighted by Crippen LogP contribution is 2.25. The van der Waals surface area contributed by atoms with Crippen molar-refractivity contribution in [2.75, 3.05) is 31.6 Å². The summed E-state index contributed by atoms with van der Waals surface area (Å²) in [6, 6.07) is 22.5. The van der Waals surface area contributed by atoms with Crippen LogP contribution < -0.4 is 5.32 Å². The van der Waals surface area contributed by atoms with Gasteiger partial charge in [0, 0.05) is 35.7 Å². The Morgan fingerprint density at radius 1 is 1.00 bits per heavy atom. The maximum absolute atomic E-state index is 13.1. The number of imidazole rings is 1. The Bertz CT molecular complexity index is 1300. The second-order valence-electron chi connectivity index (χ2n) is 7.94. The van der Waals surface area contributed by atoms with E-state index in [1.165, 1.54) is 0 Å². The van der Waals surface area contributed by atoms with E-state index in [-0.39, 0.29) is 11.8 Å². The number of morpholine rings is 1. The van der Waals surface area contributed by atoms with E-state index in [0.29, 0.717) is 48.9 Å². The van der Waals surface area contributed by atoms with Gasteiger partial charge in [-0.15, -0.1) is 0 Å². The Labute approximate surface area is 201 Å². The molecule has 8 heteroatoms. The van der Waals surface area contributed by atoms with Crippen molar-refractivity contribution in [2.24, 2.45) is 0 Å². The van der Waals surface area contributed by atoms with Gasteiger partial charge in [0.15, 0.2) is 5.16 Å². The Balaban J connectivity index is 1.28. The SMILES string of the molecule is O=C(Nc1cccc(C(=O)N2CCOCC2)c1)c1ccccc1CSc1nc2ccccc2[nH]1. The number of amides is 2. The maximum Gasteiger partial charge on any atom is 0.255 e. The van der Waals surface area contributed by atoms with Crippen molar-refractivity contribution < 1.29 is 14.3 Å². The summed E-state index contributed by atoms with van der Waals surface area (Å²) >= 11 is 1.55. The zero-order chi connectivity index (χ0) is 23.3. The molecule has 1 saturated heterocycles. The van der Waals surface area contributed by atoms with Gasteiger partial charge in [0.1, 0.15) is 0 Å². The number of nitrogens with zero attached hydrogens (tertiary/aromatic N) is 2. The summed E-state index contributed by atoms with van der Waals surface area (Å²) < 4.78 is 5.33. The van der Waals surface area contributed by atoms with E-state index in [1.54, 1.807) is 40.9 Å².